The molecule has 2 atom stereocenters. The molecule has 3 N–H and O–H groups in total. The van der Waals surface area contributed by atoms with Crippen molar-refractivity contribution in [2.24, 2.45) is 5.92 Å². The molecule has 0 spiro atoms. The first kappa shape index (κ1) is 15.3. The van der Waals surface area contributed by atoms with Crippen molar-refractivity contribution in [1.29, 1.82) is 0 Å². The fraction of sp³-hybridized carbons (Fsp3) is 0.588. The highest BCUT2D eigenvalue weighted by molar-refractivity contribution is 5.74. The van der Waals surface area contributed by atoms with Crippen LogP contribution in [0.3, 0.4) is 0 Å². The number of fused-ring (bicyclic) bond motifs is 1. The van der Waals surface area contributed by atoms with Gasteiger partial charge in [-0.05, 0) is 36.3 Å². The van der Waals surface area contributed by atoms with Crippen LogP contribution in [0.25, 0.3) is 0 Å². The van der Waals surface area contributed by atoms with Crippen molar-refractivity contribution in [2.45, 2.75) is 31.3 Å². The lowest BCUT2D eigenvalue weighted by Gasteiger charge is -2.30. The number of hydrogen-bond donors (Lipinski definition) is 3. The molecule has 2 unspecified atom stereocenters. The maximum atomic E-state index is 11.7. The Bertz CT molecular complexity index is 516. The van der Waals surface area contributed by atoms with Gasteiger partial charge in [-0.3, -0.25) is 0 Å². The van der Waals surface area contributed by atoms with Crippen LogP contribution in [0, 0.1) is 5.92 Å². The van der Waals surface area contributed by atoms with Crippen molar-refractivity contribution in [2.75, 3.05) is 26.3 Å². The van der Waals surface area contributed by atoms with Crippen molar-refractivity contribution in [3.63, 3.8) is 0 Å². The summed E-state index contributed by atoms with van der Waals surface area (Å²) in [4.78, 5) is 11.7. The molecule has 22 heavy (non-hydrogen) atoms. The van der Waals surface area contributed by atoms with Crippen molar-refractivity contribution in [3.05, 3.63) is 35.4 Å². The summed E-state index contributed by atoms with van der Waals surface area (Å²) in [5.41, 5.74) is 2.70. The normalized spacial score (nSPS) is 20.7. The topological polar surface area (TPSA) is 70.6 Å². The molecular weight excluding hydrogens is 280 g/mol. The van der Waals surface area contributed by atoms with Gasteiger partial charge in [0.1, 0.15) is 0 Å². The third-order valence-electron chi connectivity index (χ3n) is 4.33. The summed E-state index contributed by atoms with van der Waals surface area (Å²) in [6.45, 7) is 1.87. The van der Waals surface area contributed by atoms with E-state index < -0.39 is 6.10 Å². The summed E-state index contributed by atoms with van der Waals surface area (Å²) in [7, 11) is 0. The average Bonchev–Trinajstić information content (AvgIpc) is 3.30. The van der Waals surface area contributed by atoms with Crippen LogP contribution in [-0.4, -0.2) is 43.5 Å². The van der Waals surface area contributed by atoms with Gasteiger partial charge in [-0.2, -0.15) is 0 Å². The van der Waals surface area contributed by atoms with E-state index in [0.29, 0.717) is 18.4 Å². The number of benzene rings is 1. The van der Waals surface area contributed by atoms with Crippen LogP contribution in [0.4, 0.5) is 4.79 Å². The molecule has 120 valence electrons. The van der Waals surface area contributed by atoms with Gasteiger partial charge in [-0.25, -0.2) is 4.79 Å². The third-order valence-corrected chi connectivity index (χ3v) is 4.33. The highest BCUT2D eigenvalue weighted by Gasteiger charge is 2.25. The van der Waals surface area contributed by atoms with E-state index in [9.17, 15) is 9.90 Å². The minimum absolute atomic E-state index is 0.220. The molecule has 0 aromatic heterocycles. The van der Waals surface area contributed by atoms with Gasteiger partial charge in [0.05, 0.1) is 12.7 Å². The van der Waals surface area contributed by atoms with Gasteiger partial charge in [0.25, 0.3) is 0 Å². The predicted octanol–water partition coefficient (Wildman–Crippen LogP) is 1.41. The lowest BCUT2D eigenvalue weighted by molar-refractivity contribution is 0.0337. The maximum absolute atomic E-state index is 11.7. The Morgan fingerprint density at radius 2 is 2.14 bits per heavy atom. The fourth-order valence-corrected chi connectivity index (χ4v) is 2.75. The zero-order chi connectivity index (χ0) is 15.4. The van der Waals surface area contributed by atoms with E-state index in [2.05, 4.69) is 22.8 Å². The number of carbonyl (C=O) groups excluding carboxylic acids is 1. The van der Waals surface area contributed by atoms with E-state index >= 15 is 0 Å². The molecule has 5 heteroatoms. The highest BCUT2D eigenvalue weighted by atomic mass is 16.5. The van der Waals surface area contributed by atoms with E-state index in [0.717, 1.165) is 13.0 Å². The zero-order valence-corrected chi connectivity index (χ0v) is 12.8. The van der Waals surface area contributed by atoms with Gasteiger partial charge < -0.3 is 20.5 Å². The SMILES string of the molecule is O=C(NCC(O)COCC1CC1)NCC1Cc2ccccc21. The van der Waals surface area contributed by atoms with Crippen LogP contribution < -0.4 is 10.6 Å². The van der Waals surface area contributed by atoms with Gasteiger partial charge >= 0.3 is 6.03 Å². The fourth-order valence-electron chi connectivity index (χ4n) is 2.75. The van der Waals surface area contributed by atoms with Crippen molar-refractivity contribution >= 4 is 6.03 Å². The van der Waals surface area contributed by atoms with E-state index in [4.69, 9.17) is 4.74 Å². The van der Waals surface area contributed by atoms with E-state index in [1.165, 1.54) is 24.0 Å². The molecule has 0 aliphatic heterocycles. The second-order valence-electron chi connectivity index (χ2n) is 6.33. The average molecular weight is 304 g/mol. The Hall–Kier alpha value is -1.59. The lowest BCUT2D eigenvalue weighted by atomic mass is 9.78. The Labute approximate surface area is 131 Å². The Morgan fingerprint density at radius 1 is 1.32 bits per heavy atom. The first-order chi connectivity index (χ1) is 10.7. The number of aliphatic hydroxyl groups excluding tert-OH is 1. The molecule has 1 fully saturated rings. The maximum Gasteiger partial charge on any atom is 0.314 e. The summed E-state index contributed by atoms with van der Waals surface area (Å²) in [5.74, 6) is 1.10. The zero-order valence-electron chi connectivity index (χ0n) is 12.8. The van der Waals surface area contributed by atoms with E-state index in [-0.39, 0.29) is 19.2 Å². The van der Waals surface area contributed by atoms with Crippen LogP contribution in [0.1, 0.15) is 29.9 Å². The minimum atomic E-state index is -0.645. The third kappa shape index (κ3) is 4.21. The number of ether oxygens (including phenoxy) is 1. The molecule has 0 bridgehead atoms. The molecule has 5 nitrogen and oxygen atoms in total. The van der Waals surface area contributed by atoms with Gasteiger partial charge in [-0.15, -0.1) is 0 Å². The Balaban J connectivity index is 1.26. The summed E-state index contributed by atoms with van der Waals surface area (Å²) in [6.07, 6.45) is 2.85. The highest BCUT2D eigenvalue weighted by Crippen LogP contribution is 2.33. The molecule has 1 saturated carbocycles. The van der Waals surface area contributed by atoms with E-state index in [1.54, 1.807) is 0 Å². The summed E-state index contributed by atoms with van der Waals surface area (Å²) in [5, 5.41) is 15.3. The predicted molar refractivity (Wildman–Crippen MR) is 83.8 cm³/mol. The number of nitrogens with one attached hydrogen (secondary N) is 2. The first-order valence-corrected chi connectivity index (χ1v) is 8.07. The number of amides is 2. The molecule has 0 heterocycles. The summed E-state index contributed by atoms with van der Waals surface area (Å²) in [6, 6.07) is 8.09. The van der Waals surface area contributed by atoms with Crippen molar-refractivity contribution in [1.82, 2.24) is 10.6 Å². The van der Waals surface area contributed by atoms with Gasteiger partial charge in [0, 0.05) is 25.6 Å². The van der Waals surface area contributed by atoms with Gasteiger partial charge in [0.15, 0.2) is 0 Å². The molecule has 3 rings (SSSR count). The Morgan fingerprint density at radius 3 is 2.91 bits per heavy atom. The molecule has 2 amide bonds. The summed E-state index contributed by atoms with van der Waals surface area (Å²) >= 11 is 0. The van der Waals surface area contributed by atoms with Crippen LogP contribution >= 0.6 is 0 Å². The van der Waals surface area contributed by atoms with Crippen molar-refractivity contribution < 1.29 is 14.6 Å². The molecular formula is C17H24N2O3. The van der Waals surface area contributed by atoms with E-state index in [1.807, 2.05) is 12.1 Å². The molecule has 1 aromatic carbocycles. The van der Waals surface area contributed by atoms with Crippen LogP contribution in [0.15, 0.2) is 24.3 Å². The van der Waals surface area contributed by atoms with Crippen LogP contribution in [-0.2, 0) is 11.2 Å². The van der Waals surface area contributed by atoms with Crippen molar-refractivity contribution in [3.8, 4) is 0 Å². The molecule has 2 aliphatic carbocycles. The molecule has 1 aromatic rings. The monoisotopic (exact) mass is 304 g/mol. The van der Waals surface area contributed by atoms with Gasteiger partial charge in [-0.1, -0.05) is 24.3 Å². The second-order valence-corrected chi connectivity index (χ2v) is 6.33. The molecule has 0 saturated heterocycles. The number of rotatable bonds is 8. The molecule has 0 radical (unpaired) electrons. The number of carbonyl (C=O) groups is 1. The number of urea groups is 1. The lowest BCUT2D eigenvalue weighted by Crippen LogP contribution is -2.43. The second kappa shape index (κ2) is 7.11. The van der Waals surface area contributed by atoms with Gasteiger partial charge in [0.2, 0.25) is 0 Å². The standard InChI is InChI=1S/C17H24N2O3/c20-15(11-22-10-12-5-6-12)9-19-17(21)18-8-14-7-13-3-1-2-4-16(13)14/h1-4,12,14-15,20H,5-11H2,(H2,18,19,21). The smallest absolute Gasteiger partial charge is 0.314 e. The number of hydrogen-bond acceptors (Lipinski definition) is 3. The quantitative estimate of drug-likeness (QED) is 0.680. The number of aliphatic hydroxyl groups is 1. The largest absolute Gasteiger partial charge is 0.389 e. The Kier molecular flexibility index (Phi) is 4.95. The first-order valence-electron chi connectivity index (χ1n) is 8.07. The molecule has 2 aliphatic rings. The van der Waals surface area contributed by atoms with Crippen LogP contribution in [0.5, 0.6) is 0 Å². The van der Waals surface area contributed by atoms with Crippen LogP contribution in [0.2, 0.25) is 0 Å². The minimum Gasteiger partial charge on any atom is -0.389 e. The summed E-state index contributed by atoms with van der Waals surface area (Å²) < 4.78 is 5.39.